The van der Waals surface area contributed by atoms with Crippen LogP contribution < -0.4 is 10.2 Å². The number of aryl methyl sites for hydroxylation is 1. The average Bonchev–Trinajstić information content (AvgIpc) is 2.27. The summed E-state index contributed by atoms with van der Waals surface area (Å²) >= 11 is 0. The minimum Gasteiger partial charge on any atom is -0.371 e. The predicted molar refractivity (Wildman–Crippen MR) is 72.9 cm³/mol. The molecule has 1 N–H and O–H groups in total. The molecule has 0 amide bonds. The molecule has 2 nitrogen and oxygen atoms in total. The Bertz CT molecular complexity index is 409. The van der Waals surface area contributed by atoms with E-state index in [9.17, 15) is 0 Å². The molecule has 2 heteroatoms. The summed E-state index contributed by atoms with van der Waals surface area (Å²) in [6.45, 7) is 4.84. The second-order valence-corrected chi connectivity index (χ2v) is 5.45. The van der Waals surface area contributed by atoms with E-state index in [1.807, 2.05) is 0 Å². The first-order chi connectivity index (χ1) is 8.29. The number of hydrogen-bond acceptors (Lipinski definition) is 2. The molecule has 17 heavy (non-hydrogen) atoms. The van der Waals surface area contributed by atoms with E-state index in [1.165, 1.54) is 38.0 Å². The van der Waals surface area contributed by atoms with Crippen molar-refractivity contribution >= 4 is 5.69 Å². The summed E-state index contributed by atoms with van der Waals surface area (Å²) in [6.07, 6.45) is 3.86. The van der Waals surface area contributed by atoms with Gasteiger partial charge in [-0.25, -0.2) is 0 Å². The quantitative estimate of drug-likeness (QED) is 0.840. The molecule has 1 saturated heterocycles. The van der Waals surface area contributed by atoms with Crippen molar-refractivity contribution in [2.75, 3.05) is 25.0 Å². The highest BCUT2D eigenvalue weighted by atomic mass is 15.2. The zero-order valence-electron chi connectivity index (χ0n) is 10.9. The minimum atomic E-state index is 0.647. The molecule has 2 atom stereocenters. The molecule has 0 aromatic heterocycles. The van der Waals surface area contributed by atoms with Crippen molar-refractivity contribution in [1.82, 2.24) is 5.32 Å². The van der Waals surface area contributed by atoms with E-state index in [-0.39, 0.29) is 0 Å². The summed E-state index contributed by atoms with van der Waals surface area (Å²) < 4.78 is 0. The zero-order chi connectivity index (χ0) is 11.8. The van der Waals surface area contributed by atoms with Gasteiger partial charge in [0, 0.05) is 24.8 Å². The highest BCUT2D eigenvalue weighted by Gasteiger charge is 2.25. The van der Waals surface area contributed by atoms with Gasteiger partial charge in [-0.15, -0.1) is 0 Å². The van der Waals surface area contributed by atoms with Crippen LogP contribution in [0.1, 0.15) is 36.8 Å². The van der Waals surface area contributed by atoms with Crippen LogP contribution in [-0.4, -0.2) is 26.2 Å². The van der Waals surface area contributed by atoms with Crippen LogP contribution in [0.5, 0.6) is 0 Å². The molecule has 1 aliphatic carbocycles. The number of rotatable bonds is 2. The number of hydrogen-bond donors (Lipinski definition) is 1. The van der Waals surface area contributed by atoms with Gasteiger partial charge in [0.05, 0.1) is 0 Å². The van der Waals surface area contributed by atoms with Crippen molar-refractivity contribution in [3.8, 4) is 0 Å². The number of anilines is 1. The molecule has 0 bridgehead atoms. The van der Waals surface area contributed by atoms with Crippen LogP contribution in [0.3, 0.4) is 0 Å². The van der Waals surface area contributed by atoms with Crippen LogP contribution in [0, 0.1) is 0 Å². The lowest BCUT2D eigenvalue weighted by Crippen LogP contribution is -2.38. The Hall–Kier alpha value is -1.02. The lowest BCUT2D eigenvalue weighted by atomic mass is 9.80. The fraction of sp³-hybridized carbons (Fsp3) is 0.600. The molecular formula is C15H22N2. The first kappa shape index (κ1) is 11.1. The lowest BCUT2D eigenvalue weighted by molar-refractivity contribution is 0.432. The summed E-state index contributed by atoms with van der Waals surface area (Å²) in [5.41, 5.74) is 4.57. The molecule has 1 aliphatic heterocycles. The third-order valence-electron chi connectivity index (χ3n) is 4.54. The second kappa shape index (κ2) is 4.34. The Morgan fingerprint density at radius 3 is 2.76 bits per heavy atom. The van der Waals surface area contributed by atoms with Gasteiger partial charge in [-0.05, 0) is 55.5 Å². The molecule has 1 fully saturated rings. The molecule has 0 saturated carbocycles. The van der Waals surface area contributed by atoms with Crippen LogP contribution in [-0.2, 0) is 6.42 Å². The summed E-state index contributed by atoms with van der Waals surface area (Å²) in [4.78, 5) is 2.48. The van der Waals surface area contributed by atoms with E-state index in [4.69, 9.17) is 0 Å². The van der Waals surface area contributed by atoms with Gasteiger partial charge in [0.25, 0.3) is 0 Å². The van der Waals surface area contributed by atoms with Crippen LogP contribution in [0.4, 0.5) is 5.69 Å². The highest BCUT2D eigenvalue weighted by Crippen LogP contribution is 2.34. The topological polar surface area (TPSA) is 15.3 Å². The van der Waals surface area contributed by atoms with Gasteiger partial charge in [-0.3, -0.25) is 0 Å². The molecule has 1 heterocycles. The highest BCUT2D eigenvalue weighted by molar-refractivity contribution is 5.54. The number of fused-ring (bicyclic) bond motifs is 1. The van der Waals surface area contributed by atoms with E-state index in [0.29, 0.717) is 12.0 Å². The molecule has 0 spiro atoms. The monoisotopic (exact) mass is 230 g/mol. The van der Waals surface area contributed by atoms with E-state index in [1.54, 1.807) is 11.1 Å². The Balaban J connectivity index is 1.89. The van der Waals surface area contributed by atoms with Crippen LogP contribution in [0.25, 0.3) is 0 Å². The summed E-state index contributed by atoms with van der Waals surface area (Å²) in [5.74, 6) is 0.647. The Morgan fingerprint density at radius 1 is 1.29 bits per heavy atom. The molecule has 92 valence electrons. The van der Waals surface area contributed by atoms with E-state index in [0.717, 1.165) is 0 Å². The molecular weight excluding hydrogens is 208 g/mol. The van der Waals surface area contributed by atoms with Gasteiger partial charge >= 0.3 is 0 Å². The third kappa shape index (κ3) is 1.85. The SMILES string of the molecule is CNC1CCc2cc(N3CCC3)ccc2C1C. The van der Waals surface area contributed by atoms with Crippen LogP contribution >= 0.6 is 0 Å². The standard InChI is InChI=1S/C15H22N2/c1-11-14-6-5-13(17-8-3-9-17)10-12(14)4-7-15(11)16-2/h5-6,10-11,15-16H,3-4,7-9H2,1-2H3. The average molecular weight is 230 g/mol. The van der Waals surface area contributed by atoms with Crippen LogP contribution in [0.15, 0.2) is 18.2 Å². The first-order valence-corrected chi connectivity index (χ1v) is 6.84. The van der Waals surface area contributed by atoms with Gasteiger partial charge in [0.1, 0.15) is 0 Å². The maximum Gasteiger partial charge on any atom is 0.0369 e. The predicted octanol–water partition coefficient (Wildman–Crippen LogP) is 2.53. The van der Waals surface area contributed by atoms with Crippen molar-refractivity contribution in [3.63, 3.8) is 0 Å². The fourth-order valence-electron chi connectivity index (χ4n) is 3.20. The molecule has 1 aromatic rings. The normalized spacial score (nSPS) is 27.5. The van der Waals surface area contributed by atoms with Crippen molar-refractivity contribution < 1.29 is 0 Å². The van der Waals surface area contributed by atoms with Crippen molar-refractivity contribution in [2.24, 2.45) is 0 Å². The molecule has 3 rings (SSSR count). The molecule has 2 aliphatic rings. The molecule has 2 unspecified atom stereocenters. The zero-order valence-corrected chi connectivity index (χ0v) is 10.9. The lowest BCUT2D eigenvalue weighted by Gasteiger charge is -2.36. The number of nitrogens with zero attached hydrogens (tertiary/aromatic N) is 1. The smallest absolute Gasteiger partial charge is 0.0369 e. The molecule has 0 radical (unpaired) electrons. The summed E-state index contributed by atoms with van der Waals surface area (Å²) in [5, 5.41) is 3.44. The maximum absolute atomic E-state index is 3.44. The van der Waals surface area contributed by atoms with Gasteiger partial charge in [0.15, 0.2) is 0 Å². The summed E-state index contributed by atoms with van der Waals surface area (Å²) in [6, 6.07) is 7.75. The molecule has 1 aromatic carbocycles. The largest absolute Gasteiger partial charge is 0.371 e. The first-order valence-electron chi connectivity index (χ1n) is 6.84. The van der Waals surface area contributed by atoms with Gasteiger partial charge in [-0.1, -0.05) is 13.0 Å². The van der Waals surface area contributed by atoms with E-state index < -0.39 is 0 Å². The van der Waals surface area contributed by atoms with Crippen molar-refractivity contribution in [2.45, 2.75) is 38.1 Å². The Labute approximate surface area is 104 Å². The number of nitrogens with one attached hydrogen (secondary N) is 1. The fourth-order valence-corrected chi connectivity index (χ4v) is 3.20. The Kier molecular flexibility index (Phi) is 2.83. The van der Waals surface area contributed by atoms with Gasteiger partial charge < -0.3 is 10.2 Å². The maximum atomic E-state index is 3.44. The third-order valence-corrected chi connectivity index (χ3v) is 4.54. The van der Waals surface area contributed by atoms with Gasteiger partial charge in [0.2, 0.25) is 0 Å². The van der Waals surface area contributed by atoms with E-state index >= 15 is 0 Å². The van der Waals surface area contributed by atoms with E-state index in [2.05, 4.69) is 42.4 Å². The van der Waals surface area contributed by atoms with Gasteiger partial charge in [-0.2, -0.15) is 0 Å². The Morgan fingerprint density at radius 2 is 2.12 bits per heavy atom. The van der Waals surface area contributed by atoms with Crippen LogP contribution in [0.2, 0.25) is 0 Å². The number of likely N-dealkylation sites (N-methyl/N-ethyl adjacent to an activating group) is 1. The van der Waals surface area contributed by atoms with Crippen molar-refractivity contribution in [1.29, 1.82) is 0 Å². The van der Waals surface area contributed by atoms with Crippen molar-refractivity contribution in [3.05, 3.63) is 29.3 Å². The number of benzene rings is 1. The summed E-state index contributed by atoms with van der Waals surface area (Å²) in [7, 11) is 2.08. The second-order valence-electron chi connectivity index (χ2n) is 5.45. The minimum absolute atomic E-state index is 0.647.